The smallest absolute Gasteiger partial charge is 0.142 e. The second kappa shape index (κ2) is 4.58. The van der Waals surface area contributed by atoms with Gasteiger partial charge in [-0.05, 0) is 34.4 Å². The van der Waals surface area contributed by atoms with Crippen molar-refractivity contribution in [2.24, 2.45) is 0 Å². The summed E-state index contributed by atoms with van der Waals surface area (Å²) in [5.74, 6) is 0. The predicted molar refractivity (Wildman–Crippen MR) is 98.9 cm³/mol. The molecule has 3 aromatic carbocycles. The third kappa shape index (κ3) is 1.45. The van der Waals surface area contributed by atoms with Crippen LogP contribution in [0.25, 0.3) is 0 Å². The Morgan fingerprint density at radius 3 is 1.12 bits per heavy atom. The summed E-state index contributed by atoms with van der Waals surface area (Å²) in [6.45, 7) is 0. The lowest BCUT2D eigenvalue weighted by molar-refractivity contribution is 0.0482. The van der Waals surface area contributed by atoms with Gasteiger partial charge in [0, 0.05) is 20.1 Å². The van der Waals surface area contributed by atoms with Crippen molar-refractivity contribution in [3.63, 3.8) is 0 Å². The Hall–Kier alpha value is -1.46. The van der Waals surface area contributed by atoms with Crippen LogP contribution in [-0.4, -0.2) is 10.2 Å². The average Bonchev–Trinajstić information content (AvgIpc) is 2.61. The summed E-state index contributed by atoms with van der Waals surface area (Å²) >= 11 is 7.18. The fraction of sp³-hybridized carbons (Fsp3) is 0.100. The molecular weight excluding hydrogens is 432 g/mol. The predicted octanol–water partition coefficient (Wildman–Crippen LogP) is 4.41. The zero-order valence-corrected chi connectivity index (χ0v) is 15.6. The van der Waals surface area contributed by atoms with E-state index >= 15 is 0 Å². The third-order valence-corrected chi connectivity index (χ3v) is 6.56. The maximum atomic E-state index is 11.9. The molecule has 0 heterocycles. The summed E-state index contributed by atoms with van der Waals surface area (Å²) in [5.41, 5.74) is 1.75. The normalized spacial score (nSPS) is 25.8. The number of rotatable bonds is 0. The van der Waals surface area contributed by atoms with Crippen molar-refractivity contribution in [1.29, 1.82) is 0 Å². The molecule has 0 aliphatic heterocycles. The Labute approximate surface area is 156 Å². The molecule has 3 aliphatic rings. The summed E-state index contributed by atoms with van der Waals surface area (Å²) in [4.78, 5) is 0. The highest BCUT2D eigenvalue weighted by atomic mass is 79.9. The molecule has 3 aliphatic carbocycles. The molecule has 0 amide bonds. The number of hydrogen-bond acceptors (Lipinski definition) is 2. The van der Waals surface area contributed by atoms with Crippen molar-refractivity contribution in [3.05, 3.63) is 103 Å². The lowest BCUT2D eigenvalue weighted by Crippen LogP contribution is -2.51. The molecule has 6 rings (SSSR count). The van der Waals surface area contributed by atoms with Crippen LogP contribution in [0.4, 0.5) is 0 Å². The third-order valence-electron chi connectivity index (χ3n) is 5.24. The monoisotopic (exact) mass is 442 g/mol. The van der Waals surface area contributed by atoms with Gasteiger partial charge in [-0.1, -0.05) is 80.4 Å². The van der Waals surface area contributed by atoms with E-state index in [2.05, 4.69) is 31.9 Å². The van der Waals surface area contributed by atoms with E-state index in [1.165, 1.54) is 0 Å². The summed E-state index contributed by atoms with van der Waals surface area (Å²) in [6.07, 6.45) is 0. The molecule has 118 valence electrons. The number of hydrogen-bond donors (Lipinski definition) is 2. The van der Waals surface area contributed by atoms with Gasteiger partial charge in [0.2, 0.25) is 0 Å². The maximum absolute atomic E-state index is 11.9. The Balaban J connectivity index is 2.08. The van der Waals surface area contributed by atoms with Crippen LogP contribution in [0, 0.1) is 0 Å². The molecule has 4 heteroatoms. The van der Waals surface area contributed by atoms with Crippen molar-refractivity contribution in [3.8, 4) is 0 Å². The highest BCUT2D eigenvalue weighted by Crippen LogP contribution is 2.62. The van der Waals surface area contributed by atoms with Gasteiger partial charge in [-0.3, -0.25) is 0 Å². The van der Waals surface area contributed by atoms with Crippen molar-refractivity contribution in [2.75, 3.05) is 0 Å². The molecule has 0 saturated heterocycles. The zero-order chi connectivity index (χ0) is 16.7. The van der Waals surface area contributed by atoms with Gasteiger partial charge in [-0.15, -0.1) is 0 Å². The molecule has 0 fully saturated rings. The zero-order valence-electron chi connectivity index (χ0n) is 12.4. The SMILES string of the molecule is OC12c3ccccc3C(O)(c3ccccc31)c1c(Br)ccc(Br)c12. The van der Waals surface area contributed by atoms with Gasteiger partial charge >= 0.3 is 0 Å². The van der Waals surface area contributed by atoms with Gasteiger partial charge in [0.05, 0.1) is 0 Å². The molecule has 2 bridgehead atoms. The summed E-state index contributed by atoms with van der Waals surface area (Å²) in [5, 5.41) is 23.9. The Bertz CT molecular complexity index is 897. The highest BCUT2D eigenvalue weighted by molar-refractivity contribution is 9.11. The molecule has 0 spiro atoms. The summed E-state index contributed by atoms with van der Waals surface area (Å²) < 4.78 is 1.57. The van der Waals surface area contributed by atoms with Crippen molar-refractivity contribution >= 4 is 31.9 Å². The average molecular weight is 444 g/mol. The first-order chi connectivity index (χ1) is 11.5. The topological polar surface area (TPSA) is 40.5 Å². The van der Waals surface area contributed by atoms with Crippen molar-refractivity contribution in [2.45, 2.75) is 11.2 Å². The highest BCUT2D eigenvalue weighted by Gasteiger charge is 2.59. The molecule has 0 atom stereocenters. The van der Waals surface area contributed by atoms with Crippen LogP contribution in [0.3, 0.4) is 0 Å². The second-order valence-electron chi connectivity index (χ2n) is 6.29. The standard InChI is InChI=1S/C20H12Br2O2/c21-15-9-10-16(22)18-17(15)19(23)11-5-1-2-6-12(11)20(18,24)14-8-4-3-7-13(14)19/h1-10,23-24H. The Kier molecular flexibility index (Phi) is 2.83. The number of benzene rings is 3. The molecule has 24 heavy (non-hydrogen) atoms. The molecule has 0 unspecified atom stereocenters. The maximum Gasteiger partial charge on any atom is 0.142 e. The van der Waals surface area contributed by atoms with E-state index in [9.17, 15) is 10.2 Å². The van der Waals surface area contributed by atoms with Crippen LogP contribution < -0.4 is 0 Å². The first-order valence-corrected chi connectivity index (χ1v) is 9.23. The largest absolute Gasteiger partial charge is 0.376 e. The molecule has 0 radical (unpaired) electrons. The summed E-state index contributed by atoms with van der Waals surface area (Å²) in [7, 11) is 0. The number of aliphatic hydroxyl groups is 2. The quantitative estimate of drug-likeness (QED) is 0.540. The van der Waals surface area contributed by atoms with Gasteiger partial charge in [-0.25, -0.2) is 0 Å². The molecular formula is C20H12Br2O2. The molecule has 0 saturated carbocycles. The number of halogens is 2. The van der Waals surface area contributed by atoms with E-state index in [0.29, 0.717) is 11.1 Å². The van der Waals surface area contributed by atoms with Crippen LogP contribution >= 0.6 is 31.9 Å². The van der Waals surface area contributed by atoms with Crippen LogP contribution in [0.2, 0.25) is 0 Å². The lowest BCUT2D eigenvalue weighted by atomic mass is 9.56. The first kappa shape index (κ1) is 14.8. The van der Waals surface area contributed by atoms with Crippen molar-refractivity contribution < 1.29 is 10.2 Å². The Morgan fingerprint density at radius 2 is 0.833 bits per heavy atom. The van der Waals surface area contributed by atoms with Gasteiger partial charge in [0.15, 0.2) is 0 Å². The van der Waals surface area contributed by atoms with Gasteiger partial charge < -0.3 is 10.2 Å². The minimum atomic E-state index is -1.30. The van der Waals surface area contributed by atoms with Gasteiger partial charge in [0.1, 0.15) is 11.2 Å². The molecule has 0 aromatic heterocycles. The van der Waals surface area contributed by atoms with E-state index < -0.39 is 11.2 Å². The molecule has 2 nitrogen and oxygen atoms in total. The minimum absolute atomic E-state index is 0.705. The van der Waals surface area contributed by atoms with E-state index in [4.69, 9.17) is 0 Å². The fourth-order valence-electron chi connectivity index (χ4n) is 4.32. The van der Waals surface area contributed by atoms with E-state index in [1.54, 1.807) is 0 Å². The van der Waals surface area contributed by atoms with E-state index in [-0.39, 0.29) is 0 Å². The second-order valence-corrected chi connectivity index (χ2v) is 8.00. The Morgan fingerprint density at radius 1 is 0.542 bits per heavy atom. The lowest BCUT2D eigenvalue weighted by Gasteiger charge is -2.52. The van der Waals surface area contributed by atoms with Crippen molar-refractivity contribution in [1.82, 2.24) is 0 Å². The fourth-order valence-corrected chi connectivity index (χ4v) is 5.55. The van der Waals surface area contributed by atoms with Gasteiger partial charge in [-0.2, -0.15) is 0 Å². The molecule has 3 aromatic rings. The first-order valence-electron chi connectivity index (χ1n) is 7.64. The summed E-state index contributed by atoms with van der Waals surface area (Å²) in [6, 6.07) is 19.0. The molecule has 2 N–H and O–H groups in total. The van der Waals surface area contributed by atoms with Crippen LogP contribution in [0.5, 0.6) is 0 Å². The van der Waals surface area contributed by atoms with E-state index in [0.717, 1.165) is 31.2 Å². The van der Waals surface area contributed by atoms with Crippen LogP contribution in [0.1, 0.15) is 33.4 Å². The van der Waals surface area contributed by atoms with Gasteiger partial charge in [0.25, 0.3) is 0 Å². The van der Waals surface area contributed by atoms with Crippen LogP contribution in [-0.2, 0) is 11.2 Å². The van der Waals surface area contributed by atoms with E-state index in [1.807, 2.05) is 60.7 Å². The minimum Gasteiger partial charge on any atom is -0.376 e. The van der Waals surface area contributed by atoms with Crippen LogP contribution in [0.15, 0.2) is 69.6 Å².